The zero-order valence-corrected chi connectivity index (χ0v) is 15.1. The smallest absolute Gasteiger partial charge is 0.224 e. The summed E-state index contributed by atoms with van der Waals surface area (Å²) in [6.07, 6.45) is 0.933. The fourth-order valence-electron chi connectivity index (χ4n) is 2.65. The Morgan fingerprint density at radius 1 is 1.00 bits per heavy atom. The second-order valence-electron chi connectivity index (χ2n) is 6.14. The van der Waals surface area contributed by atoms with E-state index in [4.69, 9.17) is 9.15 Å². The number of hydrogen-bond acceptors (Lipinski definition) is 3. The number of furan rings is 1. The van der Waals surface area contributed by atoms with Crippen LogP contribution in [0, 0.1) is 6.92 Å². The number of aryl methyl sites for hydroxylation is 2. The highest BCUT2D eigenvalue weighted by Crippen LogP contribution is 2.23. The summed E-state index contributed by atoms with van der Waals surface area (Å²) in [5.41, 5.74) is 3.02. The average molecular weight is 349 g/mol. The molecule has 1 N–H and O–H groups in total. The number of hydrogen-bond donors (Lipinski definition) is 1. The molecule has 2 aromatic carbocycles. The second-order valence-corrected chi connectivity index (χ2v) is 6.14. The largest absolute Gasteiger partial charge is 0.494 e. The van der Waals surface area contributed by atoms with Crippen molar-refractivity contribution in [3.63, 3.8) is 0 Å². The Hall–Kier alpha value is -3.01. The highest BCUT2D eigenvalue weighted by molar-refractivity contribution is 5.90. The molecule has 4 nitrogen and oxygen atoms in total. The molecule has 134 valence electrons. The van der Waals surface area contributed by atoms with Crippen LogP contribution < -0.4 is 10.1 Å². The first kappa shape index (κ1) is 17.8. The molecule has 0 aliphatic heterocycles. The lowest BCUT2D eigenvalue weighted by Gasteiger charge is -2.06. The van der Waals surface area contributed by atoms with E-state index in [1.807, 2.05) is 55.5 Å². The Kier molecular flexibility index (Phi) is 5.74. The van der Waals surface area contributed by atoms with Gasteiger partial charge in [-0.3, -0.25) is 4.79 Å². The van der Waals surface area contributed by atoms with Crippen molar-refractivity contribution in [3.8, 4) is 17.1 Å². The minimum Gasteiger partial charge on any atom is -0.494 e. The Morgan fingerprint density at radius 2 is 1.73 bits per heavy atom. The van der Waals surface area contributed by atoms with Gasteiger partial charge in [0, 0.05) is 24.1 Å². The molecule has 0 radical (unpaired) electrons. The molecule has 3 rings (SSSR count). The van der Waals surface area contributed by atoms with Gasteiger partial charge < -0.3 is 14.5 Å². The van der Waals surface area contributed by atoms with Gasteiger partial charge in [0.05, 0.1) is 6.61 Å². The summed E-state index contributed by atoms with van der Waals surface area (Å²) in [6.45, 7) is 4.62. The van der Waals surface area contributed by atoms with E-state index < -0.39 is 0 Å². The first-order valence-electron chi connectivity index (χ1n) is 8.82. The number of carbonyl (C=O) groups is 1. The zero-order valence-electron chi connectivity index (χ0n) is 15.1. The van der Waals surface area contributed by atoms with Crippen LogP contribution in [0.1, 0.15) is 24.7 Å². The van der Waals surface area contributed by atoms with Crippen LogP contribution in [-0.2, 0) is 11.2 Å². The van der Waals surface area contributed by atoms with Gasteiger partial charge in [-0.15, -0.1) is 0 Å². The lowest BCUT2D eigenvalue weighted by molar-refractivity contribution is -0.116. The van der Waals surface area contributed by atoms with E-state index in [9.17, 15) is 4.79 Å². The van der Waals surface area contributed by atoms with Gasteiger partial charge in [-0.1, -0.05) is 29.8 Å². The summed E-state index contributed by atoms with van der Waals surface area (Å²) in [5, 5.41) is 2.89. The third-order valence-corrected chi connectivity index (χ3v) is 4.05. The van der Waals surface area contributed by atoms with Crippen LogP contribution in [0.5, 0.6) is 5.75 Å². The summed E-state index contributed by atoms with van der Waals surface area (Å²) < 4.78 is 11.2. The second kappa shape index (κ2) is 8.39. The molecule has 0 spiro atoms. The number of anilines is 1. The maximum atomic E-state index is 12.1. The fourth-order valence-corrected chi connectivity index (χ4v) is 2.65. The van der Waals surface area contributed by atoms with Crippen molar-refractivity contribution in [2.24, 2.45) is 0 Å². The standard InChI is InChI=1S/C22H23NO3/c1-3-25-19-10-8-18(9-11-19)23-22(24)15-13-20-12-14-21(26-20)17-6-4-16(2)5-7-17/h4-12,14H,3,13,15H2,1-2H3,(H,23,24). The van der Waals surface area contributed by atoms with Crippen LogP contribution >= 0.6 is 0 Å². The molecule has 1 heterocycles. The van der Waals surface area contributed by atoms with Gasteiger partial charge in [-0.05, 0) is 50.2 Å². The van der Waals surface area contributed by atoms with Gasteiger partial charge in [0.25, 0.3) is 0 Å². The first-order valence-corrected chi connectivity index (χ1v) is 8.82. The molecule has 0 saturated heterocycles. The molecule has 26 heavy (non-hydrogen) atoms. The molecule has 0 atom stereocenters. The molecular weight excluding hydrogens is 326 g/mol. The average Bonchev–Trinajstić information content (AvgIpc) is 3.11. The SMILES string of the molecule is CCOc1ccc(NC(=O)CCc2ccc(-c3ccc(C)cc3)o2)cc1. The van der Waals surface area contributed by atoms with Crippen LogP contribution in [0.4, 0.5) is 5.69 Å². The lowest BCUT2D eigenvalue weighted by atomic mass is 10.1. The van der Waals surface area contributed by atoms with Crippen molar-refractivity contribution < 1.29 is 13.9 Å². The minimum atomic E-state index is -0.0394. The van der Waals surface area contributed by atoms with Crippen molar-refractivity contribution in [1.82, 2.24) is 0 Å². The zero-order chi connectivity index (χ0) is 18.4. The molecule has 0 unspecified atom stereocenters. The molecular formula is C22H23NO3. The van der Waals surface area contributed by atoms with E-state index in [2.05, 4.69) is 24.4 Å². The van der Waals surface area contributed by atoms with Gasteiger partial charge >= 0.3 is 0 Å². The molecule has 3 aromatic rings. The van der Waals surface area contributed by atoms with Crippen molar-refractivity contribution in [2.75, 3.05) is 11.9 Å². The highest BCUT2D eigenvalue weighted by atomic mass is 16.5. The number of benzene rings is 2. The monoisotopic (exact) mass is 349 g/mol. The van der Waals surface area contributed by atoms with Crippen molar-refractivity contribution in [2.45, 2.75) is 26.7 Å². The number of ether oxygens (including phenoxy) is 1. The number of rotatable bonds is 7. The van der Waals surface area contributed by atoms with Crippen LogP contribution in [0.25, 0.3) is 11.3 Å². The maximum Gasteiger partial charge on any atom is 0.224 e. The number of amides is 1. The third-order valence-electron chi connectivity index (χ3n) is 4.05. The molecule has 1 aromatic heterocycles. The molecule has 0 aliphatic rings. The Balaban J connectivity index is 1.52. The van der Waals surface area contributed by atoms with Gasteiger partial charge in [-0.2, -0.15) is 0 Å². The molecule has 0 saturated carbocycles. The summed E-state index contributed by atoms with van der Waals surface area (Å²) in [6, 6.07) is 19.4. The van der Waals surface area contributed by atoms with Gasteiger partial charge in [-0.25, -0.2) is 0 Å². The predicted molar refractivity (Wildman–Crippen MR) is 103 cm³/mol. The third kappa shape index (κ3) is 4.76. The van der Waals surface area contributed by atoms with Crippen molar-refractivity contribution in [1.29, 1.82) is 0 Å². The highest BCUT2D eigenvalue weighted by Gasteiger charge is 2.08. The van der Waals surface area contributed by atoms with E-state index in [-0.39, 0.29) is 5.91 Å². The van der Waals surface area contributed by atoms with Crippen LogP contribution in [0.15, 0.2) is 65.1 Å². The van der Waals surface area contributed by atoms with E-state index in [1.165, 1.54) is 5.56 Å². The Labute approximate surface area is 153 Å². The lowest BCUT2D eigenvalue weighted by Crippen LogP contribution is -2.12. The summed E-state index contributed by atoms with van der Waals surface area (Å²) in [7, 11) is 0. The molecule has 0 fully saturated rings. The Bertz CT molecular complexity index is 848. The Morgan fingerprint density at radius 3 is 2.42 bits per heavy atom. The molecule has 4 heteroatoms. The topological polar surface area (TPSA) is 51.5 Å². The summed E-state index contributed by atoms with van der Waals surface area (Å²) >= 11 is 0. The van der Waals surface area contributed by atoms with Crippen molar-refractivity contribution >= 4 is 11.6 Å². The quantitative estimate of drug-likeness (QED) is 0.636. The van der Waals surface area contributed by atoms with E-state index in [0.29, 0.717) is 19.4 Å². The molecule has 0 bridgehead atoms. The first-order chi connectivity index (χ1) is 12.6. The summed E-state index contributed by atoms with van der Waals surface area (Å²) in [5.74, 6) is 2.39. The van der Waals surface area contributed by atoms with Crippen LogP contribution in [0.3, 0.4) is 0 Å². The van der Waals surface area contributed by atoms with Crippen LogP contribution in [-0.4, -0.2) is 12.5 Å². The minimum absolute atomic E-state index is 0.0394. The predicted octanol–water partition coefficient (Wildman–Crippen LogP) is 5.23. The summed E-state index contributed by atoms with van der Waals surface area (Å²) in [4.78, 5) is 12.1. The van der Waals surface area contributed by atoms with Crippen molar-refractivity contribution in [3.05, 3.63) is 72.0 Å². The maximum absolute atomic E-state index is 12.1. The molecule has 0 aliphatic carbocycles. The number of nitrogens with one attached hydrogen (secondary N) is 1. The van der Waals surface area contributed by atoms with Gasteiger partial charge in [0.15, 0.2) is 0 Å². The molecule has 1 amide bonds. The normalized spacial score (nSPS) is 10.5. The van der Waals surface area contributed by atoms with E-state index in [0.717, 1.165) is 28.5 Å². The fraction of sp³-hybridized carbons (Fsp3) is 0.227. The van der Waals surface area contributed by atoms with E-state index in [1.54, 1.807) is 0 Å². The van der Waals surface area contributed by atoms with Gasteiger partial charge in [0.2, 0.25) is 5.91 Å². The van der Waals surface area contributed by atoms with E-state index >= 15 is 0 Å². The van der Waals surface area contributed by atoms with Crippen LogP contribution in [0.2, 0.25) is 0 Å². The number of carbonyl (C=O) groups excluding carboxylic acids is 1. The van der Waals surface area contributed by atoms with Gasteiger partial charge in [0.1, 0.15) is 17.3 Å².